The van der Waals surface area contributed by atoms with Crippen LogP contribution in [0, 0.1) is 11.2 Å². The van der Waals surface area contributed by atoms with E-state index in [1.807, 2.05) is 23.1 Å². The van der Waals surface area contributed by atoms with Crippen LogP contribution in [0.4, 0.5) is 4.39 Å². The van der Waals surface area contributed by atoms with Gasteiger partial charge < -0.3 is 15.2 Å². The van der Waals surface area contributed by atoms with E-state index in [-0.39, 0.29) is 17.8 Å². The molecule has 1 spiro atoms. The molecule has 4 heterocycles. The molecule has 3 aliphatic rings. The summed E-state index contributed by atoms with van der Waals surface area (Å²) in [6.07, 6.45) is 6.98. The van der Waals surface area contributed by atoms with Gasteiger partial charge in [0, 0.05) is 36.3 Å². The van der Waals surface area contributed by atoms with Gasteiger partial charge in [-0.2, -0.15) is 0 Å². The number of pyridine rings is 1. The van der Waals surface area contributed by atoms with E-state index in [0.29, 0.717) is 12.0 Å². The Morgan fingerprint density at radius 2 is 2.06 bits per heavy atom. The van der Waals surface area contributed by atoms with Crippen molar-refractivity contribution in [3.8, 4) is 0 Å². The van der Waals surface area contributed by atoms with Gasteiger partial charge in [-0.1, -0.05) is 30.3 Å². The predicted octanol–water partition coefficient (Wildman–Crippen LogP) is 3.86. The van der Waals surface area contributed by atoms with Crippen molar-refractivity contribution < 1.29 is 9.18 Å². The molecule has 2 saturated heterocycles. The maximum Gasteiger partial charge on any atom is 0.210 e. The van der Waals surface area contributed by atoms with Crippen molar-refractivity contribution in [3.05, 3.63) is 64.7 Å². The van der Waals surface area contributed by atoms with E-state index in [1.54, 1.807) is 0 Å². The number of likely N-dealkylation sites (tertiary alicyclic amines) is 1. The van der Waals surface area contributed by atoms with Crippen molar-refractivity contribution in [1.82, 2.24) is 20.2 Å². The van der Waals surface area contributed by atoms with Crippen molar-refractivity contribution >= 4 is 17.4 Å². The number of carbonyl (C=O) groups excluding carboxylic acids is 1. The number of piperidine rings is 1. The molecule has 2 N–H and O–H groups in total. The molecule has 1 amide bonds. The lowest BCUT2D eigenvalue weighted by atomic mass is 9.68. The maximum absolute atomic E-state index is 15.4. The number of nitrogens with one attached hydrogen (secondary N) is 2. The quantitative estimate of drug-likeness (QED) is 0.635. The van der Waals surface area contributed by atoms with Crippen LogP contribution in [-0.2, 0) is 17.6 Å². The molecule has 0 radical (unpaired) electrons. The van der Waals surface area contributed by atoms with Crippen LogP contribution in [0.15, 0.2) is 36.5 Å². The second-order valence-corrected chi connectivity index (χ2v) is 9.60. The van der Waals surface area contributed by atoms with Gasteiger partial charge in [-0.25, -0.2) is 9.37 Å². The van der Waals surface area contributed by atoms with Crippen LogP contribution in [0.1, 0.15) is 53.6 Å². The minimum Gasteiger partial charge on any atom is -0.343 e. The Labute approximate surface area is 181 Å². The third-order valence-electron chi connectivity index (χ3n) is 7.83. The molecular weight excluding hydrogens is 391 g/mol. The molecule has 6 heteroatoms. The number of amides is 1. The summed E-state index contributed by atoms with van der Waals surface area (Å²) in [4.78, 5) is 21.6. The second-order valence-electron chi connectivity index (χ2n) is 9.60. The van der Waals surface area contributed by atoms with E-state index < -0.39 is 0 Å². The zero-order valence-electron chi connectivity index (χ0n) is 17.5. The number of nitrogens with zero attached hydrogens (tertiary/aromatic N) is 2. The number of aryl methyl sites for hydroxylation is 1. The molecule has 1 aliphatic carbocycles. The van der Waals surface area contributed by atoms with Crippen LogP contribution in [-0.4, -0.2) is 40.9 Å². The Bertz CT molecular complexity index is 1140. The first kappa shape index (κ1) is 19.0. The summed E-state index contributed by atoms with van der Waals surface area (Å²) in [5.74, 6) is -0.152. The summed E-state index contributed by atoms with van der Waals surface area (Å²) >= 11 is 0. The lowest BCUT2D eigenvalue weighted by molar-refractivity contribution is -0.121. The fourth-order valence-corrected chi connectivity index (χ4v) is 6.09. The zero-order valence-corrected chi connectivity index (χ0v) is 17.5. The predicted molar refractivity (Wildman–Crippen MR) is 117 cm³/mol. The Balaban J connectivity index is 1.43. The molecule has 31 heavy (non-hydrogen) atoms. The van der Waals surface area contributed by atoms with Crippen molar-refractivity contribution in [2.75, 3.05) is 19.6 Å². The van der Waals surface area contributed by atoms with Crippen LogP contribution in [0.5, 0.6) is 0 Å². The summed E-state index contributed by atoms with van der Waals surface area (Å²) in [5.41, 5.74) is 5.56. The van der Waals surface area contributed by atoms with Crippen molar-refractivity contribution in [2.45, 2.75) is 44.1 Å². The molecule has 2 unspecified atom stereocenters. The molecule has 3 aromatic rings. The number of benzene rings is 1. The van der Waals surface area contributed by atoms with Crippen molar-refractivity contribution in [1.29, 1.82) is 0 Å². The lowest BCUT2D eigenvalue weighted by Gasteiger charge is -2.45. The van der Waals surface area contributed by atoms with Gasteiger partial charge in [0.2, 0.25) is 6.41 Å². The van der Waals surface area contributed by atoms with Crippen LogP contribution in [0.2, 0.25) is 0 Å². The minimum atomic E-state index is -0.211. The fourth-order valence-electron chi connectivity index (χ4n) is 6.09. The van der Waals surface area contributed by atoms with Crippen LogP contribution < -0.4 is 5.32 Å². The Morgan fingerprint density at radius 3 is 2.81 bits per heavy atom. The second kappa shape index (κ2) is 7.16. The van der Waals surface area contributed by atoms with Gasteiger partial charge in [-0.3, -0.25) is 4.79 Å². The third-order valence-corrected chi connectivity index (χ3v) is 7.83. The number of carbonyl (C=O) groups is 1. The Hall–Kier alpha value is -2.73. The van der Waals surface area contributed by atoms with Crippen LogP contribution in [0.25, 0.3) is 11.0 Å². The van der Waals surface area contributed by atoms with Crippen LogP contribution in [0.3, 0.4) is 0 Å². The highest BCUT2D eigenvalue weighted by Crippen LogP contribution is 2.46. The molecule has 1 aromatic carbocycles. The SMILES string of the molecule is O=CN1CCC(c2c(F)cnc3[nH]c4c(c23)CC2(CC4)CNC2)CC1c1ccccc1. The van der Waals surface area contributed by atoms with Crippen molar-refractivity contribution in [2.24, 2.45) is 5.41 Å². The maximum atomic E-state index is 15.4. The number of hydrogen-bond acceptors (Lipinski definition) is 3. The van der Waals surface area contributed by atoms with E-state index in [1.165, 1.54) is 23.9 Å². The van der Waals surface area contributed by atoms with E-state index in [0.717, 1.165) is 67.3 Å². The number of halogens is 1. The zero-order chi connectivity index (χ0) is 21.0. The van der Waals surface area contributed by atoms with E-state index in [4.69, 9.17) is 0 Å². The van der Waals surface area contributed by atoms with Gasteiger partial charge in [-0.05, 0) is 54.6 Å². The average molecular weight is 419 g/mol. The summed E-state index contributed by atoms with van der Waals surface area (Å²) < 4.78 is 15.4. The number of fused-ring (bicyclic) bond motifs is 3. The van der Waals surface area contributed by atoms with Gasteiger partial charge in [0.1, 0.15) is 11.5 Å². The number of H-pyrrole nitrogens is 1. The summed E-state index contributed by atoms with van der Waals surface area (Å²) in [7, 11) is 0. The molecule has 160 valence electrons. The number of hydrogen-bond donors (Lipinski definition) is 2. The largest absolute Gasteiger partial charge is 0.343 e. The molecule has 5 nitrogen and oxygen atoms in total. The highest BCUT2D eigenvalue weighted by molar-refractivity contribution is 5.86. The molecule has 2 atom stereocenters. The van der Waals surface area contributed by atoms with Gasteiger partial charge in [0.15, 0.2) is 0 Å². The normalized spacial score (nSPS) is 24.7. The highest BCUT2D eigenvalue weighted by Gasteiger charge is 2.42. The Kier molecular flexibility index (Phi) is 4.39. The summed E-state index contributed by atoms with van der Waals surface area (Å²) in [5, 5.41) is 4.44. The standard InChI is InChI=1S/C25H27FN4O/c26-19-12-28-24-23(18-11-25(13-27-14-25)8-6-20(18)29-24)22(19)17-7-9-30(15-31)21(10-17)16-4-2-1-3-5-16/h1-5,12,15,17,21,27H,6-11,13-14H2,(H,28,29). The van der Waals surface area contributed by atoms with Gasteiger partial charge in [0.25, 0.3) is 0 Å². The van der Waals surface area contributed by atoms with Gasteiger partial charge in [0.05, 0.1) is 12.2 Å². The first-order valence-corrected chi connectivity index (χ1v) is 11.3. The summed E-state index contributed by atoms with van der Waals surface area (Å²) in [6, 6.07) is 10.1. The average Bonchev–Trinajstić information content (AvgIpc) is 3.16. The fraction of sp³-hybridized carbons (Fsp3) is 0.440. The van der Waals surface area contributed by atoms with Crippen molar-refractivity contribution in [3.63, 3.8) is 0 Å². The summed E-state index contributed by atoms with van der Waals surface area (Å²) in [6.45, 7) is 2.73. The molecule has 2 aliphatic heterocycles. The number of aromatic nitrogens is 2. The van der Waals surface area contributed by atoms with Crippen LogP contribution >= 0.6 is 0 Å². The van der Waals surface area contributed by atoms with E-state index in [9.17, 15) is 4.79 Å². The number of aromatic amines is 1. The smallest absolute Gasteiger partial charge is 0.210 e. The van der Waals surface area contributed by atoms with E-state index >= 15 is 4.39 Å². The molecule has 6 rings (SSSR count). The topological polar surface area (TPSA) is 61.0 Å². The van der Waals surface area contributed by atoms with Gasteiger partial charge in [-0.15, -0.1) is 0 Å². The Morgan fingerprint density at radius 1 is 1.23 bits per heavy atom. The number of rotatable bonds is 3. The van der Waals surface area contributed by atoms with Gasteiger partial charge >= 0.3 is 0 Å². The molecule has 2 aromatic heterocycles. The lowest BCUT2D eigenvalue weighted by Crippen LogP contribution is -2.56. The molecule has 0 saturated carbocycles. The first-order chi connectivity index (χ1) is 15.2. The highest BCUT2D eigenvalue weighted by atomic mass is 19.1. The molecule has 0 bridgehead atoms. The van der Waals surface area contributed by atoms with E-state index in [2.05, 4.69) is 27.4 Å². The minimum absolute atomic E-state index is 0.0305. The first-order valence-electron chi connectivity index (χ1n) is 11.3. The monoisotopic (exact) mass is 418 g/mol. The molecule has 2 fully saturated rings. The third kappa shape index (κ3) is 2.99. The molecular formula is C25H27FN4O.